The minimum atomic E-state index is 0.499. The molecule has 4 aromatic rings. The molecule has 1 heterocycles. The highest BCUT2D eigenvalue weighted by Crippen LogP contribution is 2.30. The summed E-state index contributed by atoms with van der Waals surface area (Å²) >= 11 is 5.98. The summed E-state index contributed by atoms with van der Waals surface area (Å²) in [4.78, 5) is 11.0. The highest BCUT2D eigenvalue weighted by Gasteiger charge is 2.16. The number of halogens is 1. The fraction of sp³-hybridized carbons (Fsp3) is 0.0833. The van der Waals surface area contributed by atoms with Gasteiger partial charge in [0.05, 0.1) is 0 Å². The van der Waals surface area contributed by atoms with E-state index in [1.165, 1.54) is 17.5 Å². The van der Waals surface area contributed by atoms with Crippen LogP contribution in [0.15, 0.2) is 91.3 Å². The lowest BCUT2D eigenvalue weighted by atomic mass is 10.1. The molecule has 5 nitrogen and oxygen atoms in total. The van der Waals surface area contributed by atoms with Gasteiger partial charge in [-0.1, -0.05) is 72.3 Å². The number of anilines is 4. The average molecular weight is 416 g/mol. The Morgan fingerprint density at radius 2 is 1.33 bits per heavy atom. The molecule has 1 aromatic heterocycles. The standard InChI is InChI=1S/C24H22ClN5/c25-20-11-13-21(14-12-20)29-23-22(26)24(28-17-27-23)30(15-18-7-3-1-4-8-18)16-19-9-5-2-6-10-19/h1-14,17H,15-16,26H2,(H,27,28,29). The van der Waals surface area contributed by atoms with Crippen molar-refractivity contribution in [2.24, 2.45) is 0 Å². The summed E-state index contributed by atoms with van der Waals surface area (Å²) in [5.41, 5.74) is 10.2. The highest BCUT2D eigenvalue weighted by molar-refractivity contribution is 6.30. The SMILES string of the molecule is Nc1c(Nc2ccc(Cl)cc2)ncnc1N(Cc1ccccc1)Cc1ccccc1. The second-order valence-electron chi connectivity index (χ2n) is 6.92. The lowest BCUT2D eigenvalue weighted by molar-refractivity contribution is 0.782. The van der Waals surface area contributed by atoms with Gasteiger partial charge in [-0.25, -0.2) is 9.97 Å². The Hall–Kier alpha value is -3.57. The molecule has 0 unspecified atom stereocenters. The van der Waals surface area contributed by atoms with Crippen molar-refractivity contribution in [2.45, 2.75) is 13.1 Å². The number of nitrogens with two attached hydrogens (primary N) is 1. The largest absolute Gasteiger partial charge is 0.393 e. The summed E-state index contributed by atoms with van der Waals surface area (Å²) in [6.45, 7) is 1.36. The topological polar surface area (TPSA) is 67.1 Å². The molecule has 150 valence electrons. The molecule has 0 bridgehead atoms. The fourth-order valence-corrected chi connectivity index (χ4v) is 3.35. The minimum Gasteiger partial charge on any atom is -0.393 e. The Morgan fingerprint density at radius 3 is 1.90 bits per heavy atom. The number of rotatable bonds is 7. The van der Waals surface area contributed by atoms with E-state index in [-0.39, 0.29) is 0 Å². The number of benzene rings is 3. The number of hydrogen-bond donors (Lipinski definition) is 2. The van der Waals surface area contributed by atoms with Gasteiger partial charge in [0, 0.05) is 23.8 Å². The molecule has 0 fully saturated rings. The molecule has 6 heteroatoms. The molecule has 0 atom stereocenters. The van der Waals surface area contributed by atoms with Crippen molar-refractivity contribution in [1.82, 2.24) is 9.97 Å². The van der Waals surface area contributed by atoms with E-state index in [1.807, 2.05) is 60.7 Å². The van der Waals surface area contributed by atoms with E-state index in [9.17, 15) is 0 Å². The van der Waals surface area contributed by atoms with Crippen LogP contribution in [0.25, 0.3) is 0 Å². The third-order valence-electron chi connectivity index (χ3n) is 4.70. The van der Waals surface area contributed by atoms with Crippen LogP contribution >= 0.6 is 11.6 Å². The first-order valence-electron chi connectivity index (χ1n) is 9.65. The number of aromatic nitrogens is 2. The molecule has 0 aliphatic rings. The lowest BCUT2D eigenvalue weighted by Crippen LogP contribution is -2.24. The molecule has 0 spiro atoms. The van der Waals surface area contributed by atoms with Gasteiger partial charge in [0.25, 0.3) is 0 Å². The van der Waals surface area contributed by atoms with Crippen molar-refractivity contribution >= 4 is 34.6 Å². The number of nitrogen functional groups attached to an aromatic ring is 1. The summed E-state index contributed by atoms with van der Waals surface area (Å²) in [6, 6.07) is 28.0. The minimum absolute atomic E-state index is 0.499. The van der Waals surface area contributed by atoms with E-state index < -0.39 is 0 Å². The molecule has 0 saturated heterocycles. The molecular weight excluding hydrogens is 394 g/mol. The maximum atomic E-state index is 6.51. The van der Waals surface area contributed by atoms with Crippen LogP contribution in [0, 0.1) is 0 Å². The highest BCUT2D eigenvalue weighted by atomic mass is 35.5. The molecule has 0 radical (unpaired) electrons. The van der Waals surface area contributed by atoms with Crippen LogP contribution < -0.4 is 16.0 Å². The second-order valence-corrected chi connectivity index (χ2v) is 7.36. The monoisotopic (exact) mass is 415 g/mol. The van der Waals surface area contributed by atoms with Gasteiger partial charge in [0.1, 0.15) is 12.0 Å². The van der Waals surface area contributed by atoms with Crippen LogP contribution in [0.1, 0.15) is 11.1 Å². The van der Waals surface area contributed by atoms with E-state index in [4.69, 9.17) is 17.3 Å². The summed E-state index contributed by atoms with van der Waals surface area (Å²) in [7, 11) is 0. The summed E-state index contributed by atoms with van der Waals surface area (Å²) < 4.78 is 0. The van der Waals surface area contributed by atoms with Gasteiger partial charge in [-0.2, -0.15) is 0 Å². The van der Waals surface area contributed by atoms with Gasteiger partial charge in [-0.3, -0.25) is 0 Å². The van der Waals surface area contributed by atoms with Crippen molar-refractivity contribution in [3.63, 3.8) is 0 Å². The van der Waals surface area contributed by atoms with Crippen molar-refractivity contribution in [2.75, 3.05) is 16.0 Å². The first-order chi connectivity index (χ1) is 14.7. The van der Waals surface area contributed by atoms with Crippen molar-refractivity contribution < 1.29 is 0 Å². The van der Waals surface area contributed by atoms with Crippen LogP contribution in [0.5, 0.6) is 0 Å². The zero-order valence-corrected chi connectivity index (χ0v) is 17.1. The maximum Gasteiger partial charge on any atom is 0.159 e. The smallest absolute Gasteiger partial charge is 0.159 e. The first kappa shape index (κ1) is 19.7. The van der Waals surface area contributed by atoms with Gasteiger partial charge in [0.15, 0.2) is 11.6 Å². The molecule has 3 aromatic carbocycles. The van der Waals surface area contributed by atoms with Crippen LogP contribution in [0.2, 0.25) is 5.02 Å². The molecule has 0 amide bonds. The molecule has 4 rings (SSSR count). The van der Waals surface area contributed by atoms with E-state index in [1.54, 1.807) is 0 Å². The van der Waals surface area contributed by atoms with Crippen molar-refractivity contribution in [3.8, 4) is 0 Å². The second kappa shape index (κ2) is 9.29. The van der Waals surface area contributed by atoms with Crippen LogP contribution in [-0.2, 0) is 13.1 Å². The Labute approximate surface area is 181 Å². The molecule has 0 aliphatic carbocycles. The van der Waals surface area contributed by atoms with Crippen LogP contribution in [-0.4, -0.2) is 9.97 Å². The summed E-state index contributed by atoms with van der Waals surface area (Å²) in [5.74, 6) is 1.25. The zero-order chi connectivity index (χ0) is 20.8. The molecule has 3 N–H and O–H groups in total. The maximum absolute atomic E-state index is 6.51. The Morgan fingerprint density at radius 1 is 0.767 bits per heavy atom. The normalized spacial score (nSPS) is 10.6. The molecular formula is C24H22ClN5. The van der Waals surface area contributed by atoms with E-state index in [0.29, 0.717) is 35.4 Å². The number of nitrogens with one attached hydrogen (secondary N) is 1. The van der Waals surface area contributed by atoms with Gasteiger partial charge < -0.3 is 16.0 Å². The third kappa shape index (κ3) is 4.88. The Balaban J connectivity index is 1.66. The third-order valence-corrected chi connectivity index (χ3v) is 4.95. The summed E-state index contributed by atoms with van der Waals surface area (Å²) in [6.07, 6.45) is 1.53. The molecule has 0 aliphatic heterocycles. The van der Waals surface area contributed by atoms with Crippen molar-refractivity contribution in [3.05, 3.63) is 107 Å². The molecule has 30 heavy (non-hydrogen) atoms. The predicted molar refractivity (Wildman–Crippen MR) is 124 cm³/mol. The van der Waals surface area contributed by atoms with Crippen molar-refractivity contribution in [1.29, 1.82) is 0 Å². The number of nitrogens with zero attached hydrogens (tertiary/aromatic N) is 3. The quantitative estimate of drug-likeness (QED) is 0.407. The first-order valence-corrected chi connectivity index (χ1v) is 10.0. The van der Waals surface area contributed by atoms with Gasteiger partial charge in [-0.05, 0) is 35.4 Å². The van der Waals surface area contributed by atoms with Gasteiger partial charge >= 0.3 is 0 Å². The Kier molecular flexibility index (Phi) is 6.11. The van der Waals surface area contributed by atoms with E-state index in [0.717, 1.165) is 5.69 Å². The molecule has 0 saturated carbocycles. The average Bonchev–Trinajstić information content (AvgIpc) is 2.78. The predicted octanol–water partition coefficient (Wildman–Crippen LogP) is 5.66. The Bertz CT molecular complexity index is 1040. The van der Waals surface area contributed by atoms with Gasteiger partial charge in [0.2, 0.25) is 0 Å². The van der Waals surface area contributed by atoms with Gasteiger partial charge in [-0.15, -0.1) is 0 Å². The number of hydrogen-bond acceptors (Lipinski definition) is 5. The van der Waals surface area contributed by atoms with E-state index in [2.05, 4.69) is 44.5 Å². The zero-order valence-electron chi connectivity index (χ0n) is 16.4. The fourth-order valence-electron chi connectivity index (χ4n) is 3.22. The lowest BCUT2D eigenvalue weighted by Gasteiger charge is -2.26. The van der Waals surface area contributed by atoms with E-state index >= 15 is 0 Å². The van der Waals surface area contributed by atoms with Crippen LogP contribution in [0.4, 0.5) is 23.0 Å². The van der Waals surface area contributed by atoms with Crippen LogP contribution in [0.3, 0.4) is 0 Å². The summed E-state index contributed by atoms with van der Waals surface area (Å²) in [5, 5.41) is 3.94.